The molecule has 3 N–H and O–H groups in total. The summed E-state index contributed by atoms with van der Waals surface area (Å²) < 4.78 is 18.0. The van der Waals surface area contributed by atoms with Crippen molar-refractivity contribution in [3.8, 4) is 0 Å². The number of carbonyl (C=O) groups excluding carboxylic acids is 2. The monoisotopic (exact) mass is 280 g/mol. The summed E-state index contributed by atoms with van der Waals surface area (Å²) in [6, 6.07) is 3.75. The van der Waals surface area contributed by atoms with Crippen molar-refractivity contribution in [2.45, 2.75) is 31.2 Å². The van der Waals surface area contributed by atoms with Crippen molar-refractivity contribution in [1.82, 2.24) is 0 Å². The number of ether oxygens (including phenoxy) is 1. The average Bonchev–Trinajstić information content (AvgIpc) is 2.88. The van der Waals surface area contributed by atoms with Crippen molar-refractivity contribution in [3.05, 3.63) is 29.6 Å². The zero-order valence-corrected chi connectivity index (χ0v) is 11.2. The summed E-state index contributed by atoms with van der Waals surface area (Å²) in [6.45, 7) is 0. The number of nitrogens with two attached hydrogens (primary N) is 1. The summed E-state index contributed by atoms with van der Waals surface area (Å²) in [7, 11) is 1.17. The zero-order valence-electron chi connectivity index (χ0n) is 11.2. The number of methoxy groups -OCH3 is 1. The molecule has 1 aromatic carbocycles. The molecule has 0 aromatic heterocycles. The van der Waals surface area contributed by atoms with Gasteiger partial charge >= 0.3 is 5.97 Å². The molecule has 0 heterocycles. The maximum Gasteiger partial charge on any atom is 0.340 e. The van der Waals surface area contributed by atoms with Crippen LogP contribution in [0.3, 0.4) is 0 Å². The molecule has 1 fully saturated rings. The Balaban J connectivity index is 2.17. The summed E-state index contributed by atoms with van der Waals surface area (Å²) in [5, 5.41) is 2.63. The highest BCUT2D eigenvalue weighted by atomic mass is 19.1. The molecule has 0 atom stereocenters. The predicted molar refractivity (Wildman–Crippen MR) is 71.8 cm³/mol. The van der Waals surface area contributed by atoms with Gasteiger partial charge in [0.25, 0.3) is 0 Å². The first-order chi connectivity index (χ1) is 9.46. The number of amides is 1. The maximum absolute atomic E-state index is 13.5. The molecule has 0 bridgehead atoms. The van der Waals surface area contributed by atoms with E-state index in [1.807, 2.05) is 0 Å². The smallest absolute Gasteiger partial charge is 0.340 e. The normalized spacial score (nSPS) is 16.8. The van der Waals surface area contributed by atoms with E-state index >= 15 is 0 Å². The lowest BCUT2D eigenvalue weighted by Crippen LogP contribution is -2.48. The number of hydrogen-bond donors (Lipinski definition) is 2. The Morgan fingerprint density at radius 3 is 2.60 bits per heavy atom. The van der Waals surface area contributed by atoms with Gasteiger partial charge in [-0.1, -0.05) is 12.8 Å². The summed E-state index contributed by atoms with van der Waals surface area (Å²) in [5.74, 6) is -1.79. The van der Waals surface area contributed by atoms with Crippen LogP contribution in [0.15, 0.2) is 18.2 Å². The van der Waals surface area contributed by atoms with Gasteiger partial charge < -0.3 is 15.8 Å². The Bertz CT molecular complexity index is 539. The fourth-order valence-corrected chi connectivity index (χ4v) is 2.36. The molecule has 1 saturated carbocycles. The zero-order chi connectivity index (χ0) is 14.8. The molecule has 1 aromatic rings. The van der Waals surface area contributed by atoms with E-state index in [4.69, 9.17) is 5.73 Å². The predicted octanol–water partition coefficient (Wildman–Crippen LogP) is 1.82. The Hall–Kier alpha value is -1.95. The van der Waals surface area contributed by atoms with E-state index in [-0.39, 0.29) is 11.5 Å². The second-order valence-corrected chi connectivity index (χ2v) is 5.00. The molecule has 20 heavy (non-hydrogen) atoms. The molecule has 0 aliphatic heterocycles. The average molecular weight is 280 g/mol. The highest BCUT2D eigenvalue weighted by Crippen LogP contribution is 2.28. The third kappa shape index (κ3) is 2.80. The molecule has 1 amide bonds. The van der Waals surface area contributed by atoms with E-state index in [9.17, 15) is 14.0 Å². The molecule has 6 heteroatoms. The van der Waals surface area contributed by atoms with Gasteiger partial charge in [0.2, 0.25) is 5.91 Å². The van der Waals surface area contributed by atoms with Gasteiger partial charge in [0.1, 0.15) is 5.82 Å². The minimum Gasteiger partial charge on any atom is -0.465 e. The molecule has 1 aliphatic rings. The van der Waals surface area contributed by atoms with Crippen molar-refractivity contribution in [3.63, 3.8) is 0 Å². The molecular formula is C14H17FN2O3. The molecule has 5 nitrogen and oxygen atoms in total. The number of anilines is 1. The van der Waals surface area contributed by atoms with Gasteiger partial charge in [-0.2, -0.15) is 0 Å². The lowest BCUT2D eigenvalue weighted by atomic mass is 9.98. The number of nitrogens with one attached hydrogen (secondary N) is 1. The Labute approximate surface area is 116 Å². The summed E-state index contributed by atoms with van der Waals surface area (Å²) >= 11 is 0. The van der Waals surface area contributed by atoms with Crippen LogP contribution in [0.25, 0.3) is 0 Å². The van der Waals surface area contributed by atoms with Crippen LogP contribution in [0, 0.1) is 5.82 Å². The SMILES string of the molecule is COC(=O)c1cc(NC(=O)C2(N)CCCC2)ccc1F. The van der Waals surface area contributed by atoms with Gasteiger partial charge in [-0.15, -0.1) is 0 Å². The van der Waals surface area contributed by atoms with Crippen LogP contribution in [0.2, 0.25) is 0 Å². The van der Waals surface area contributed by atoms with E-state index in [1.54, 1.807) is 0 Å². The second-order valence-electron chi connectivity index (χ2n) is 5.00. The van der Waals surface area contributed by atoms with Crippen LogP contribution < -0.4 is 11.1 Å². The molecule has 0 saturated heterocycles. The minimum absolute atomic E-state index is 0.220. The van der Waals surface area contributed by atoms with Crippen molar-refractivity contribution in [2.75, 3.05) is 12.4 Å². The quantitative estimate of drug-likeness (QED) is 0.827. The minimum atomic E-state index is -0.875. The van der Waals surface area contributed by atoms with Gasteiger partial charge in [0.15, 0.2) is 0 Å². The van der Waals surface area contributed by atoms with Crippen LogP contribution in [-0.4, -0.2) is 24.5 Å². The van der Waals surface area contributed by atoms with Gasteiger partial charge in [-0.3, -0.25) is 4.79 Å². The van der Waals surface area contributed by atoms with Gasteiger partial charge in [0.05, 0.1) is 18.2 Å². The fraction of sp³-hybridized carbons (Fsp3) is 0.429. The van der Waals surface area contributed by atoms with E-state index < -0.39 is 17.3 Å². The molecule has 0 radical (unpaired) electrons. The van der Waals surface area contributed by atoms with Gasteiger partial charge in [-0.05, 0) is 31.0 Å². The molecule has 0 unspecified atom stereocenters. The Kier molecular flexibility index (Phi) is 4.04. The van der Waals surface area contributed by atoms with Crippen LogP contribution >= 0.6 is 0 Å². The van der Waals surface area contributed by atoms with E-state index in [2.05, 4.69) is 10.1 Å². The van der Waals surface area contributed by atoms with Crippen LogP contribution in [0.1, 0.15) is 36.0 Å². The fourth-order valence-electron chi connectivity index (χ4n) is 2.36. The first-order valence-corrected chi connectivity index (χ1v) is 6.44. The number of rotatable bonds is 3. The molecule has 1 aliphatic carbocycles. The third-order valence-corrected chi connectivity index (χ3v) is 3.58. The Morgan fingerprint density at radius 2 is 2.00 bits per heavy atom. The van der Waals surface area contributed by atoms with Gasteiger partial charge in [-0.25, -0.2) is 9.18 Å². The summed E-state index contributed by atoms with van der Waals surface area (Å²) in [6.07, 6.45) is 3.09. The molecular weight excluding hydrogens is 263 g/mol. The van der Waals surface area contributed by atoms with Crippen LogP contribution in [0.5, 0.6) is 0 Å². The highest BCUT2D eigenvalue weighted by Gasteiger charge is 2.37. The van der Waals surface area contributed by atoms with E-state index in [1.165, 1.54) is 19.2 Å². The van der Waals surface area contributed by atoms with Crippen molar-refractivity contribution < 1.29 is 18.7 Å². The van der Waals surface area contributed by atoms with Crippen molar-refractivity contribution in [2.24, 2.45) is 5.73 Å². The van der Waals surface area contributed by atoms with Gasteiger partial charge in [0, 0.05) is 5.69 Å². The first-order valence-electron chi connectivity index (χ1n) is 6.44. The molecule has 108 valence electrons. The Morgan fingerprint density at radius 1 is 1.35 bits per heavy atom. The third-order valence-electron chi connectivity index (χ3n) is 3.58. The number of hydrogen-bond acceptors (Lipinski definition) is 4. The number of halogens is 1. The summed E-state index contributed by atoms with van der Waals surface area (Å²) in [5.41, 5.74) is 5.26. The van der Waals surface area contributed by atoms with Crippen molar-refractivity contribution in [1.29, 1.82) is 0 Å². The number of benzene rings is 1. The standard InChI is InChI=1S/C14H17FN2O3/c1-20-12(18)10-8-9(4-5-11(10)15)17-13(19)14(16)6-2-3-7-14/h4-5,8H,2-3,6-7,16H2,1H3,(H,17,19). The molecule has 0 spiro atoms. The largest absolute Gasteiger partial charge is 0.465 e. The number of carbonyl (C=O) groups is 2. The van der Waals surface area contributed by atoms with E-state index in [0.717, 1.165) is 18.9 Å². The highest BCUT2D eigenvalue weighted by molar-refractivity contribution is 5.99. The lowest BCUT2D eigenvalue weighted by molar-refractivity contribution is -0.121. The molecule has 2 rings (SSSR count). The van der Waals surface area contributed by atoms with E-state index in [0.29, 0.717) is 18.5 Å². The number of esters is 1. The van der Waals surface area contributed by atoms with Crippen LogP contribution in [0.4, 0.5) is 10.1 Å². The summed E-state index contributed by atoms with van der Waals surface area (Å²) in [4.78, 5) is 23.5. The lowest BCUT2D eigenvalue weighted by Gasteiger charge is -2.22. The topological polar surface area (TPSA) is 81.4 Å². The first kappa shape index (κ1) is 14.5. The second kappa shape index (κ2) is 5.58. The van der Waals surface area contributed by atoms with Crippen LogP contribution in [-0.2, 0) is 9.53 Å². The maximum atomic E-state index is 13.5. The van der Waals surface area contributed by atoms with Crippen molar-refractivity contribution >= 4 is 17.6 Å².